The molecule has 0 aliphatic carbocycles. The van der Waals surface area contributed by atoms with Gasteiger partial charge in [-0.05, 0) is 37.6 Å². The zero-order valence-corrected chi connectivity index (χ0v) is 11.6. The lowest BCUT2D eigenvalue weighted by atomic mass is 10.1. The summed E-state index contributed by atoms with van der Waals surface area (Å²) >= 11 is 1.67. The summed E-state index contributed by atoms with van der Waals surface area (Å²) in [5.74, 6) is 0. The van der Waals surface area contributed by atoms with Crippen LogP contribution >= 0.6 is 11.3 Å². The monoisotopic (exact) mass is 260 g/mol. The van der Waals surface area contributed by atoms with Gasteiger partial charge in [-0.2, -0.15) is 0 Å². The van der Waals surface area contributed by atoms with Gasteiger partial charge in [0.25, 0.3) is 0 Å². The van der Waals surface area contributed by atoms with E-state index >= 15 is 0 Å². The lowest BCUT2D eigenvalue weighted by Crippen LogP contribution is -2.17. The molecule has 94 valence electrons. The number of aldehydes is 1. The van der Waals surface area contributed by atoms with Crippen LogP contribution in [-0.2, 0) is 6.54 Å². The predicted octanol–water partition coefficient (Wildman–Crippen LogP) is 3.21. The Hall–Kier alpha value is -1.68. The molecule has 1 aromatic heterocycles. The average Bonchev–Trinajstić information content (AvgIpc) is 2.74. The lowest BCUT2D eigenvalue weighted by molar-refractivity contribution is 0.112. The third-order valence-corrected chi connectivity index (χ3v) is 3.66. The Balaban J connectivity index is 2.18. The smallest absolute Gasteiger partial charge is 0.150 e. The zero-order valence-electron chi connectivity index (χ0n) is 10.8. The summed E-state index contributed by atoms with van der Waals surface area (Å²) in [6, 6.07) is 5.74. The first-order valence-corrected chi connectivity index (χ1v) is 6.66. The summed E-state index contributed by atoms with van der Waals surface area (Å²) in [5.41, 5.74) is 4.04. The molecule has 1 aromatic carbocycles. The molecule has 2 rings (SSSR count). The number of benzene rings is 1. The molecule has 2 aromatic rings. The summed E-state index contributed by atoms with van der Waals surface area (Å²) < 4.78 is 0. The van der Waals surface area contributed by atoms with Crippen LogP contribution in [0, 0.1) is 13.8 Å². The topological polar surface area (TPSA) is 33.2 Å². The van der Waals surface area contributed by atoms with E-state index in [1.807, 2.05) is 39.1 Å². The molecule has 0 atom stereocenters. The molecule has 1 heterocycles. The van der Waals surface area contributed by atoms with Crippen molar-refractivity contribution in [1.29, 1.82) is 0 Å². The number of hydrogen-bond acceptors (Lipinski definition) is 4. The van der Waals surface area contributed by atoms with E-state index in [-0.39, 0.29) is 0 Å². The van der Waals surface area contributed by atoms with E-state index in [1.54, 1.807) is 11.3 Å². The minimum absolute atomic E-state index is 0.717. The normalized spacial score (nSPS) is 10.4. The molecule has 0 saturated carbocycles. The van der Waals surface area contributed by atoms with E-state index in [0.717, 1.165) is 34.8 Å². The van der Waals surface area contributed by atoms with E-state index in [1.165, 1.54) is 0 Å². The molecule has 4 heteroatoms. The van der Waals surface area contributed by atoms with E-state index in [0.29, 0.717) is 5.56 Å². The molecule has 0 aliphatic heterocycles. The van der Waals surface area contributed by atoms with Gasteiger partial charge in [-0.3, -0.25) is 4.79 Å². The zero-order chi connectivity index (χ0) is 13.1. The quantitative estimate of drug-likeness (QED) is 0.791. The van der Waals surface area contributed by atoms with Gasteiger partial charge in [0.15, 0.2) is 0 Å². The van der Waals surface area contributed by atoms with E-state index in [2.05, 4.69) is 15.3 Å². The first kappa shape index (κ1) is 12.8. The minimum Gasteiger partial charge on any atom is -0.368 e. The first-order valence-electron chi connectivity index (χ1n) is 5.78. The predicted molar refractivity (Wildman–Crippen MR) is 75.5 cm³/mol. The second-order valence-electron chi connectivity index (χ2n) is 4.38. The van der Waals surface area contributed by atoms with Crippen molar-refractivity contribution >= 4 is 23.3 Å². The van der Waals surface area contributed by atoms with Crippen molar-refractivity contribution in [2.45, 2.75) is 20.4 Å². The summed E-state index contributed by atoms with van der Waals surface area (Å²) in [7, 11) is 2.04. The Kier molecular flexibility index (Phi) is 3.77. The standard InChI is InChI=1S/C14H16N2OS/c1-10-6-12(8-17)4-5-14(10)16(3)7-13-9-18-11(2)15-13/h4-6,8-9H,7H2,1-3H3. The highest BCUT2D eigenvalue weighted by Crippen LogP contribution is 2.21. The van der Waals surface area contributed by atoms with Crippen molar-refractivity contribution in [1.82, 2.24) is 4.98 Å². The van der Waals surface area contributed by atoms with Gasteiger partial charge in [-0.25, -0.2) is 4.98 Å². The van der Waals surface area contributed by atoms with Crippen molar-refractivity contribution in [2.75, 3.05) is 11.9 Å². The van der Waals surface area contributed by atoms with Gasteiger partial charge in [0.2, 0.25) is 0 Å². The number of rotatable bonds is 4. The average molecular weight is 260 g/mol. The molecular formula is C14H16N2OS. The van der Waals surface area contributed by atoms with E-state index in [4.69, 9.17) is 0 Å². The Morgan fingerprint density at radius 1 is 1.39 bits per heavy atom. The van der Waals surface area contributed by atoms with Crippen LogP contribution in [0.5, 0.6) is 0 Å². The fraction of sp³-hybridized carbons (Fsp3) is 0.286. The van der Waals surface area contributed by atoms with Gasteiger partial charge in [0, 0.05) is 23.7 Å². The molecule has 0 aliphatic rings. The van der Waals surface area contributed by atoms with Crippen molar-refractivity contribution in [2.24, 2.45) is 0 Å². The van der Waals surface area contributed by atoms with E-state index in [9.17, 15) is 4.79 Å². The van der Waals surface area contributed by atoms with Crippen LogP contribution in [0.15, 0.2) is 23.6 Å². The second-order valence-corrected chi connectivity index (χ2v) is 5.44. The highest BCUT2D eigenvalue weighted by atomic mass is 32.1. The summed E-state index contributed by atoms with van der Waals surface area (Å²) in [4.78, 5) is 17.3. The molecule has 0 unspecified atom stereocenters. The third-order valence-electron chi connectivity index (χ3n) is 2.83. The van der Waals surface area contributed by atoms with Crippen LogP contribution < -0.4 is 4.90 Å². The van der Waals surface area contributed by atoms with Crippen LogP contribution in [0.2, 0.25) is 0 Å². The van der Waals surface area contributed by atoms with Gasteiger partial charge in [-0.15, -0.1) is 11.3 Å². The highest BCUT2D eigenvalue weighted by Gasteiger charge is 2.07. The molecule has 0 spiro atoms. The fourth-order valence-electron chi connectivity index (χ4n) is 1.99. The number of anilines is 1. The van der Waals surface area contributed by atoms with Crippen molar-refractivity contribution in [3.8, 4) is 0 Å². The molecule has 0 saturated heterocycles. The molecule has 0 radical (unpaired) electrons. The lowest BCUT2D eigenvalue weighted by Gasteiger charge is -2.20. The SMILES string of the molecule is Cc1nc(CN(C)c2ccc(C=O)cc2C)cs1. The second kappa shape index (κ2) is 5.31. The number of thiazole rings is 1. The first-order chi connectivity index (χ1) is 8.60. The Morgan fingerprint density at radius 3 is 2.72 bits per heavy atom. The van der Waals surface area contributed by atoms with Crippen LogP contribution in [0.4, 0.5) is 5.69 Å². The summed E-state index contributed by atoms with van der Waals surface area (Å²) in [6.07, 6.45) is 0.876. The number of nitrogens with zero attached hydrogens (tertiary/aromatic N) is 2. The van der Waals surface area contributed by atoms with Crippen LogP contribution in [0.3, 0.4) is 0 Å². The Bertz CT molecular complexity index is 563. The molecule has 0 fully saturated rings. The number of hydrogen-bond donors (Lipinski definition) is 0. The molecule has 0 amide bonds. The third kappa shape index (κ3) is 2.76. The number of aryl methyl sites for hydroxylation is 2. The van der Waals surface area contributed by atoms with Crippen molar-refractivity contribution in [3.05, 3.63) is 45.4 Å². The number of carbonyl (C=O) groups is 1. The fourth-order valence-corrected chi connectivity index (χ4v) is 2.59. The maximum absolute atomic E-state index is 10.7. The molecule has 3 nitrogen and oxygen atoms in total. The molecule has 18 heavy (non-hydrogen) atoms. The van der Waals surface area contributed by atoms with Crippen LogP contribution in [0.25, 0.3) is 0 Å². The largest absolute Gasteiger partial charge is 0.368 e. The highest BCUT2D eigenvalue weighted by molar-refractivity contribution is 7.09. The summed E-state index contributed by atoms with van der Waals surface area (Å²) in [5, 5.41) is 3.17. The van der Waals surface area contributed by atoms with Gasteiger partial charge in [0.05, 0.1) is 17.2 Å². The van der Waals surface area contributed by atoms with Gasteiger partial charge < -0.3 is 4.90 Å². The van der Waals surface area contributed by atoms with Crippen LogP contribution in [-0.4, -0.2) is 18.3 Å². The number of aromatic nitrogens is 1. The maximum atomic E-state index is 10.7. The number of carbonyl (C=O) groups excluding carboxylic acids is 1. The van der Waals surface area contributed by atoms with Gasteiger partial charge >= 0.3 is 0 Å². The molecular weight excluding hydrogens is 244 g/mol. The van der Waals surface area contributed by atoms with E-state index < -0.39 is 0 Å². The molecule has 0 N–H and O–H groups in total. The molecule has 0 bridgehead atoms. The van der Waals surface area contributed by atoms with Crippen molar-refractivity contribution in [3.63, 3.8) is 0 Å². The van der Waals surface area contributed by atoms with Crippen molar-refractivity contribution < 1.29 is 4.79 Å². The Morgan fingerprint density at radius 2 is 2.17 bits per heavy atom. The minimum atomic E-state index is 0.717. The summed E-state index contributed by atoms with van der Waals surface area (Å²) in [6.45, 7) is 4.81. The van der Waals surface area contributed by atoms with Gasteiger partial charge in [-0.1, -0.05) is 0 Å². The Labute approximate surface area is 111 Å². The van der Waals surface area contributed by atoms with Crippen LogP contribution in [0.1, 0.15) is 26.6 Å². The maximum Gasteiger partial charge on any atom is 0.150 e. The van der Waals surface area contributed by atoms with Gasteiger partial charge in [0.1, 0.15) is 6.29 Å².